The Kier molecular flexibility index (Phi) is 6.92. The van der Waals surface area contributed by atoms with Crippen LogP contribution in [0.25, 0.3) is 21.5 Å². The third-order valence-corrected chi connectivity index (χ3v) is 7.36. The van der Waals surface area contributed by atoms with Gasteiger partial charge in [0.1, 0.15) is 30.0 Å². The number of carbonyl (C=O) groups excluding carboxylic acids is 1. The van der Waals surface area contributed by atoms with Gasteiger partial charge in [0.05, 0.1) is 28.0 Å². The molecule has 3 N–H and O–H groups in total. The number of anilines is 1. The lowest BCUT2D eigenvalue weighted by atomic mass is 9.92. The number of thiazole rings is 1. The summed E-state index contributed by atoms with van der Waals surface area (Å²) in [7, 11) is 1.49. The number of likely N-dealkylation sites (N-methyl/N-ethyl adjacent to an activating group) is 1. The van der Waals surface area contributed by atoms with E-state index in [0.717, 1.165) is 32.0 Å². The van der Waals surface area contributed by atoms with E-state index in [1.54, 1.807) is 18.2 Å². The van der Waals surface area contributed by atoms with Crippen molar-refractivity contribution in [3.8, 4) is 11.3 Å². The minimum Gasteiger partial charge on any atom is -0.394 e. The predicted molar refractivity (Wildman–Crippen MR) is 130 cm³/mol. The number of benzene rings is 2. The number of fused-ring (bicyclic) bond motifs is 1. The van der Waals surface area contributed by atoms with E-state index in [1.807, 2.05) is 6.92 Å². The van der Waals surface area contributed by atoms with Crippen LogP contribution in [-0.2, 0) is 9.53 Å². The highest BCUT2D eigenvalue weighted by Gasteiger charge is 2.49. The van der Waals surface area contributed by atoms with E-state index < -0.39 is 60.4 Å². The Morgan fingerprint density at radius 2 is 1.87 bits per heavy atom. The van der Waals surface area contributed by atoms with Gasteiger partial charge in [0.2, 0.25) is 0 Å². The van der Waals surface area contributed by atoms with Gasteiger partial charge < -0.3 is 25.0 Å². The first kappa shape index (κ1) is 26.2. The molecule has 0 saturated carbocycles. The van der Waals surface area contributed by atoms with Gasteiger partial charge in [-0.15, -0.1) is 16.4 Å². The van der Waals surface area contributed by atoms with Crippen LogP contribution in [0.2, 0.25) is 0 Å². The van der Waals surface area contributed by atoms with Gasteiger partial charge in [-0.2, -0.15) is 0 Å². The number of halogens is 3. The van der Waals surface area contributed by atoms with Crippen LogP contribution in [0, 0.1) is 24.4 Å². The zero-order chi connectivity index (χ0) is 27.3. The lowest BCUT2D eigenvalue weighted by Crippen LogP contribution is -2.60. The second-order valence-electron chi connectivity index (χ2n) is 8.87. The third-order valence-electron chi connectivity index (χ3n) is 6.43. The summed E-state index contributed by atoms with van der Waals surface area (Å²) in [5.74, 6) is -5.16. The molecule has 1 aliphatic heterocycles. The lowest BCUT2D eigenvalue weighted by molar-refractivity contribution is -0.205. The molecule has 1 saturated heterocycles. The maximum atomic E-state index is 13.7. The first-order valence-corrected chi connectivity index (χ1v) is 12.2. The van der Waals surface area contributed by atoms with Crippen molar-refractivity contribution < 1.29 is 38.0 Å². The molecule has 2 aromatic carbocycles. The number of ether oxygens (including phenoxy) is 1. The molecule has 0 spiro atoms. The SMILES string of the molecule is Cc1nc2ccc(N(C)C(=O)[C@@H]3O[C@H](CO)[C@H](O)[C@H](n4cc(-c5cc(F)c(F)c(F)c5)nn4)[C@H]3O)cc2s1. The third kappa shape index (κ3) is 4.54. The summed E-state index contributed by atoms with van der Waals surface area (Å²) in [6.45, 7) is 1.18. The van der Waals surface area contributed by atoms with Gasteiger partial charge >= 0.3 is 0 Å². The van der Waals surface area contributed by atoms with Gasteiger partial charge in [-0.1, -0.05) is 5.21 Å². The second-order valence-corrected chi connectivity index (χ2v) is 10.1. The molecular weight excluding hydrogens is 527 g/mol. The van der Waals surface area contributed by atoms with Crippen molar-refractivity contribution in [2.75, 3.05) is 18.6 Å². The Balaban J connectivity index is 1.44. The average Bonchev–Trinajstić information content (AvgIpc) is 3.52. The number of aliphatic hydroxyl groups is 3. The van der Waals surface area contributed by atoms with Crippen LogP contribution in [0.1, 0.15) is 11.0 Å². The molecule has 5 atom stereocenters. The first-order chi connectivity index (χ1) is 18.1. The van der Waals surface area contributed by atoms with E-state index in [1.165, 1.54) is 29.5 Å². The summed E-state index contributed by atoms with van der Waals surface area (Å²) >= 11 is 1.45. The first-order valence-electron chi connectivity index (χ1n) is 11.4. The van der Waals surface area contributed by atoms with Gasteiger partial charge in [0.15, 0.2) is 23.6 Å². The predicted octanol–water partition coefficient (Wildman–Crippen LogP) is 1.97. The molecule has 200 valence electrons. The zero-order valence-electron chi connectivity index (χ0n) is 20.0. The Morgan fingerprint density at radius 3 is 2.55 bits per heavy atom. The van der Waals surface area contributed by atoms with Crippen molar-refractivity contribution in [3.05, 3.63) is 59.0 Å². The van der Waals surface area contributed by atoms with Crippen molar-refractivity contribution in [2.45, 2.75) is 37.4 Å². The number of hydrogen-bond acceptors (Lipinski definition) is 9. The monoisotopic (exact) mass is 549 g/mol. The highest BCUT2D eigenvalue weighted by Crippen LogP contribution is 2.33. The van der Waals surface area contributed by atoms with E-state index >= 15 is 0 Å². The molecule has 1 fully saturated rings. The highest BCUT2D eigenvalue weighted by molar-refractivity contribution is 7.18. The summed E-state index contributed by atoms with van der Waals surface area (Å²) in [4.78, 5) is 19.1. The minimum absolute atomic E-state index is 0.0811. The standard InChI is InChI=1S/C24H22F3N5O5S/c1-10-28-15-4-3-12(7-18(15)38-10)31(2)24(36)23-22(35)20(21(34)17(9-33)37-23)32-8-16(29-30-32)11-5-13(25)19(27)14(26)6-11/h3-8,17,20-23,33-35H,9H2,1-2H3/t17-,20+,21+,22-,23-/m1/s1. The van der Waals surface area contributed by atoms with E-state index in [4.69, 9.17) is 4.74 Å². The van der Waals surface area contributed by atoms with Gasteiger partial charge in [0.25, 0.3) is 5.91 Å². The summed E-state index contributed by atoms with van der Waals surface area (Å²) in [6.07, 6.45) is -4.80. The Labute approximate surface area is 217 Å². The van der Waals surface area contributed by atoms with Gasteiger partial charge in [0, 0.05) is 18.3 Å². The fourth-order valence-electron chi connectivity index (χ4n) is 4.43. The van der Waals surface area contributed by atoms with E-state index in [0.29, 0.717) is 5.69 Å². The van der Waals surface area contributed by atoms with Gasteiger partial charge in [-0.05, 0) is 37.3 Å². The van der Waals surface area contributed by atoms with E-state index in [-0.39, 0.29) is 11.3 Å². The fourth-order valence-corrected chi connectivity index (χ4v) is 5.29. The number of aromatic nitrogens is 4. The molecule has 0 aliphatic carbocycles. The molecule has 5 rings (SSSR count). The largest absolute Gasteiger partial charge is 0.394 e. The van der Waals surface area contributed by atoms with Crippen LogP contribution in [0.4, 0.5) is 18.9 Å². The molecule has 3 heterocycles. The number of hydrogen-bond donors (Lipinski definition) is 3. The molecule has 4 aromatic rings. The number of nitrogens with zero attached hydrogens (tertiary/aromatic N) is 5. The van der Waals surface area contributed by atoms with Crippen LogP contribution < -0.4 is 4.90 Å². The Hall–Kier alpha value is -3.43. The fraction of sp³-hybridized carbons (Fsp3) is 0.333. The van der Waals surface area contributed by atoms with Crippen LogP contribution in [0.5, 0.6) is 0 Å². The minimum atomic E-state index is -1.66. The summed E-state index contributed by atoms with van der Waals surface area (Å²) < 4.78 is 48.2. The highest BCUT2D eigenvalue weighted by atomic mass is 32.1. The lowest BCUT2D eigenvalue weighted by Gasteiger charge is -2.42. The van der Waals surface area contributed by atoms with Crippen molar-refractivity contribution in [3.63, 3.8) is 0 Å². The molecule has 1 amide bonds. The van der Waals surface area contributed by atoms with Crippen molar-refractivity contribution in [1.82, 2.24) is 20.0 Å². The van der Waals surface area contributed by atoms with Crippen LogP contribution in [-0.4, -0.2) is 79.3 Å². The van der Waals surface area contributed by atoms with Crippen LogP contribution in [0.3, 0.4) is 0 Å². The van der Waals surface area contributed by atoms with Gasteiger partial charge in [-0.25, -0.2) is 22.8 Å². The van der Waals surface area contributed by atoms with E-state index in [9.17, 15) is 33.3 Å². The van der Waals surface area contributed by atoms with Crippen LogP contribution in [0.15, 0.2) is 36.5 Å². The van der Waals surface area contributed by atoms with Crippen molar-refractivity contribution in [2.24, 2.45) is 0 Å². The molecule has 38 heavy (non-hydrogen) atoms. The van der Waals surface area contributed by atoms with Crippen molar-refractivity contribution in [1.29, 1.82) is 0 Å². The Morgan fingerprint density at radius 1 is 1.16 bits per heavy atom. The number of carbonyl (C=O) groups is 1. The molecule has 14 heteroatoms. The topological polar surface area (TPSA) is 134 Å². The number of amides is 1. The maximum absolute atomic E-state index is 13.7. The average molecular weight is 550 g/mol. The molecule has 0 radical (unpaired) electrons. The molecular formula is C24H22F3N5O5S. The Bertz CT molecular complexity index is 1490. The van der Waals surface area contributed by atoms with E-state index in [2.05, 4.69) is 15.3 Å². The molecule has 1 aliphatic rings. The molecule has 0 bridgehead atoms. The zero-order valence-corrected chi connectivity index (χ0v) is 20.8. The molecule has 10 nitrogen and oxygen atoms in total. The summed E-state index contributed by atoms with van der Waals surface area (Å²) in [6, 6.07) is 5.34. The second kappa shape index (κ2) is 10.0. The van der Waals surface area contributed by atoms with Gasteiger partial charge in [-0.3, -0.25) is 4.79 Å². The smallest absolute Gasteiger partial charge is 0.258 e. The number of aliphatic hydroxyl groups excluding tert-OH is 3. The van der Waals surface area contributed by atoms with Crippen molar-refractivity contribution >= 4 is 33.1 Å². The quantitative estimate of drug-likeness (QED) is 0.322. The summed E-state index contributed by atoms with van der Waals surface area (Å²) in [5.41, 5.74) is 1.07. The molecule has 0 unspecified atom stereocenters. The summed E-state index contributed by atoms with van der Waals surface area (Å²) in [5, 5.41) is 40.2. The maximum Gasteiger partial charge on any atom is 0.258 e. The van der Waals surface area contributed by atoms with Crippen LogP contribution >= 0.6 is 11.3 Å². The molecule has 2 aromatic heterocycles. The number of aryl methyl sites for hydroxylation is 1. The normalized spacial score (nSPS) is 23.6. The number of rotatable bonds is 5.